The van der Waals surface area contributed by atoms with Crippen molar-refractivity contribution in [1.29, 1.82) is 0 Å². The van der Waals surface area contributed by atoms with E-state index in [2.05, 4.69) is 31.1 Å². The van der Waals surface area contributed by atoms with Crippen LogP contribution in [0.1, 0.15) is 53.8 Å². The van der Waals surface area contributed by atoms with Crippen LogP contribution in [0, 0.1) is 0 Å². The van der Waals surface area contributed by atoms with Gasteiger partial charge >= 0.3 is 0 Å². The molecule has 0 unspecified atom stereocenters. The number of amides is 1. The van der Waals surface area contributed by atoms with Gasteiger partial charge in [0.2, 0.25) is 0 Å². The molecule has 0 spiro atoms. The van der Waals surface area contributed by atoms with E-state index >= 15 is 0 Å². The second-order valence-corrected chi connectivity index (χ2v) is 14.5. The number of halogens is 5. The summed E-state index contributed by atoms with van der Waals surface area (Å²) in [6.45, 7) is 7.24. The zero-order valence-corrected chi connectivity index (χ0v) is 31.7. The van der Waals surface area contributed by atoms with E-state index in [0.717, 1.165) is 16.3 Å². The topological polar surface area (TPSA) is 121 Å². The molecule has 0 saturated carbocycles. The molecule has 47 heavy (non-hydrogen) atoms. The van der Waals surface area contributed by atoms with Crippen LogP contribution < -0.4 is 20.5 Å². The maximum Gasteiger partial charge on any atom is 0.255 e. The van der Waals surface area contributed by atoms with E-state index in [1.165, 1.54) is 12.1 Å². The highest BCUT2D eigenvalue weighted by atomic mass is 35.5. The highest BCUT2D eigenvalue weighted by Crippen LogP contribution is 2.29. The molecule has 1 aromatic heterocycles. The van der Waals surface area contributed by atoms with Crippen molar-refractivity contribution in [2.75, 3.05) is 24.2 Å². The molecule has 0 radical (unpaired) electrons. The molecule has 0 aliphatic carbocycles. The van der Waals surface area contributed by atoms with Crippen LogP contribution in [-0.4, -0.2) is 38.2 Å². The summed E-state index contributed by atoms with van der Waals surface area (Å²) >= 11 is 7.44. The van der Waals surface area contributed by atoms with Gasteiger partial charge in [0.15, 0.2) is 9.84 Å². The van der Waals surface area contributed by atoms with Crippen molar-refractivity contribution < 1.29 is 22.7 Å². The second-order valence-electron chi connectivity index (χ2n) is 11.0. The number of thiazole rings is 1. The minimum atomic E-state index is -3.45. The molecule has 4 aromatic rings. The van der Waals surface area contributed by atoms with Crippen LogP contribution in [0.5, 0.6) is 11.5 Å². The number of ether oxygens (including phenoxy) is 2. The summed E-state index contributed by atoms with van der Waals surface area (Å²) in [5, 5.41) is 6.32. The summed E-state index contributed by atoms with van der Waals surface area (Å²) in [6, 6.07) is 18.5. The van der Waals surface area contributed by atoms with Gasteiger partial charge in [0.1, 0.15) is 29.7 Å². The Balaban J connectivity index is 0.00000529. The van der Waals surface area contributed by atoms with Gasteiger partial charge in [-0.25, -0.2) is 13.4 Å². The first-order valence-electron chi connectivity index (χ1n) is 13.9. The lowest BCUT2D eigenvalue weighted by molar-refractivity contribution is 0.102. The fourth-order valence-corrected chi connectivity index (χ4v) is 6.51. The Morgan fingerprint density at radius 2 is 1.68 bits per heavy atom. The van der Waals surface area contributed by atoms with Crippen LogP contribution in [-0.2, 0) is 28.3 Å². The fourth-order valence-electron chi connectivity index (χ4n) is 4.14. The predicted molar refractivity (Wildman–Crippen MR) is 201 cm³/mol. The molecule has 3 aromatic carbocycles. The van der Waals surface area contributed by atoms with Gasteiger partial charge in [-0.2, -0.15) is 0 Å². The number of carbonyl (C=O) groups is 1. The van der Waals surface area contributed by atoms with Crippen molar-refractivity contribution >= 4 is 94.0 Å². The van der Waals surface area contributed by atoms with Gasteiger partial charge in [-0.1, -0.05) is 44.5 Å². The molecule has 15 heteroatoms. The number of benzene rings is 3. The molecule has 260 valence electrons. The SMILES string of the molecule is CC(C)(C)c1csc(COc2cccc(C(=O)Nc3cc(CCCS(=O)(=O)c4ccc(Cl)cc4)ccc3OCCN)c2)n1.Cl.Cl.Cl.Cl. The van der Waals surface area contributed by atoms with Gasteiger partial charge in [-0.3, -0.25) is 4.79 Å². The van der Waals surface area contributed by atoms with Crippen LogP contribution >= 0.6 is 72.6 Å². The van der Waals surface area contributed by atoms with Gasteiger partial charge in [0.05, 0.1) is 22.0 Å². The molecule has 1 heterocycles. The molecule has 3 N–H and O–H groups in total. The number of nitrogens with one attached hydrogen (secondary N) is 1. The summed E-state index contributed by atoms with van der Waals surface area (Å²) in [6.07, 6.45) is 0.890. The number of carbonyl (C=O) groups excluding carboxylic acids is 1. The molecule has 4 rings (SSSR count). The Labute approximate surface area is 310 Å². The molecule has 1 amide bonds. The molecule has 0 saturated heterocycles. The molecule has 0 fully saturated rings. The number of nitrogens with two attached hydrogens (primary N) is 1. The summed E-state index contributed by atoms with van der Waals surface area (Å²) in [4.78, 5) is 18.2. The minimum absolute atomic E-state index is 0. The first kappa shape index (κ1) is 44.7. The molecule has 0 aliphatic rings. The largest absolute Gasteiger partial charge is 0.490 e. The van der Waals surface area contributed by atoms with E-state index in [-0.39, 0.29) is 78.2 Å². The lowest BCUT2D eigenvalue weighted by Crippen LogP contribution is -2.15. The predicted octanol–water partition coefficient (Wildman–Crippen LogP) is 8.36. The molecule has 0 aliphatic heterocycles. The average Bonchev–Trinajstić information content (AvgIpc) is 3.46. The molecule has 8 nitrogen and oxygen atoms in total. The highest BCUT2D eigenvalue weighted by Gasteiger charge is 2.18. The summed E-state index contributed by atoms with van der Waals surface area (Å²) in [5.41, 5.74) is 8.35. The normalized spacial score (nSPS) is 10.7. The monoisotopic (exact) mass is 785 g/mol. The van der Waals surface area contributed by atoms with Gasteiger partial charge in [-0.15, -0.1) is 61.0 Å². The number of aryl methyl sites for hydroxylation is 1. The van der Waals surface area contributed by atoms with E-state index in [9.17, 15) is 13.2 Å². The van der Waals surface area contributed by atoms with E-state index in [1.54, 1.807) is 59.9 Å². The summed E-state index contributed by atoms with van der Waals surface area (Å²) < 4.78 is 37.2. The van der Waals surface area contributed by atoms with E-state index in [0.29, 0.717) is 53.8 Å². The van der Waals surface area contributed by atoms with E-state index in [4.69, 9.17) is 26.8 Å². The summed E-state index contributed by atoms with van der Waals surface area (Å²) in [5.74, 6) is 0.667. The Morgan fingerprint density at radius 1 is 0.979 bits per heavy atom. The quantitative estimate of drug-likeness (QED) is 0.140. The van der Waals surface area contributed by atoms with Crippen molar-refractivity contribution in [2.45, 2.75) is 50.5 Å². The number of hydrogen-bond donors (Lipinski definition) is 2. The Bertz CT molecular complexity index is 1660. The van der Waals surface area contributed by atoms with Crippen molar-refractivity contribution in [3.05, 3.63) is 99.0 Å². The molecular weight excluding hydrogens is 748 g/mol. The Kier molecular flexibility index (Phi) is 19.3. The van der Waals surface area contributed by atoms with Crippen LogP contribution in [0.4, 0.5) is 5.69 Å². The standard InChI is InChI=1S/C32H36ClN3O5S2.4ClH/c1-32(2,3)29-21-42-30(36-29)20-41-25-8-4-7-23(19-25)31(37)35-27-18-22(9-14-28(27)40-16-15-34)6-5-17-43(38,39)26-12-10-24(33)11-13-26;;;;/h4,7-14,18-19,21H,5-6,15-17,20,34H2,1-3H3,(H,35,37);4*1H. The van der Waals surface area contributed by atoms with Crippen LogP contribution in [0.3, 0.4) is 0 Å². The second kappa shape index (κ2) is 20.3. The van der Waals surface area contributed by atoms with Crippen molar-refractivity contribution in [1.82, 2.24) is 4.98 Å². The Morgan fingerprint density at radius 3 is 2.32 bits per heavy atom. The third kappa shape index (κ3) is 13.3. The van der Waals surface area contributed by atoms with Gasteiger partial charge in [-0.05, 0) is 73.0 Å². The van der Waals surface area contributed by atoms with E-state index in [1.807, 2.05) is 11.4 Å². The van der Waals surface area contributed by atoms with Crippen LogP contribution in [0.25, 0.3) is 0 Å². The average molecular weight is 788 g/mol. The van der Waals surface area contributed by atoms with Crippen molar-refractivity contribution in [2.24, 2.45) is 5.73 Å². The maximum atomic E-state index is 13.3. The van der Waals surface area contributed by atoms with Gasteiger partial charge in [0.25, 0.3) is 5.91 Å². The minimum Gasteiger partial charge on any atom is -0.490 e. The zero-order valence-electron chi connectivity index (χ0n) is 26.1. The van der Waals surface area contributed by atoms with Crippen LogP contribution in [0.15, 0.2) is 77.0 Å². The van der Waals surface area contributed by atoms with Gasteiger partial charge in [0, 0.05) is 27.9 Å². The van der Waals surface area contributed by atoms with Gasteiger partial charge < -0.3 is 20.5 Å². The number of nitrogens with zero attached hydrogens (tertiary/aromatic N) is 1. The fraction of sp³-hybridized carbons (Fsp3) is 0.312. The van der Waals surface area contributed by atoms with Crippen molar-refractivity contribution in [3.63, 3.8) is 0 Å². The number of anilines is 1. The smallest absolute Gasteiger partial charge is 0.255 e. The first-order valence-corrected chi connectivity index (χ1v) is 16.8. The number of sulfone groups is 1. The first-order chi connectivity index (χ1) is 20.4. The highest BCUT2D eigenvalue weighted by molar-refractivity contribution is 7.91. The lowest BCUT2D eigenvalue weighted by Gasteiger charge is -2.15. The molecule has 0 bridgehead atoms. The number of hydrogen-bond acceptors (Lipinski definition) is 8. The third-order valence-electron chi connectivity index (χ3n) is 6.50. The zero-order chi connectivity index (χ0) is 31.0. The number of rotatable bonds is 13. The number of aromatic nitrogens is 1. The summed E-state index contributed by atoms with van der Waals surface area (Å²) in [7, 11) is -3.45. The van der Waals surface area contributed by atoms with Crippen molar-refractivity contribution in [3.8, 4) is 11.5 Å². The Hall–Kier alpha value is -2.28. The van der Waals surface area contributed by atoms with Crippen LogP contribution in [0.2, 0.25) is 5.02 Å². The maximum absolute atomic E-state index is 13.3. The molecular formula is C32H40Cl5N3O5S2. The van der Waals surface area contributed by atoms with E-state index < -0.39 is 9.84 Å². The lowest BCUT2D eigenvalue weighted by atomic mass is 9.93. The third-order valence-corrected chi connectivity index (χ3v) is 9.39. The molecule has 0 atom stereocenters.